The molecule has 2 fully saturated rings. The summed E-state index contributed by atoms with van der Waals surface area (Å²) >= 11 is 0. The predicted molar refractivity (Wildman–Crippen MR) is 148 cm³/mol. The molecular formula is C32H57NO3. The first-order valence-electron chi connectivity index (χ1n) is 15.8. The van der Waals surface area contributed by atoms with Gasteiger partial charge in [0.05, 0.1) is 12.1 Å². The van der Waals surface area contributed by atoms with Gasteiger partial charge in [0.25, 0.3) is 0 Å². The van der Waals surface area contributed by atoms with Crippen LogP contribution in [0.15, 0.2) is 11.3 Å². The normalized spacial score (nSPS) is 37.1. The van der Waals surface area contributed by atoms with Crippen LogP contribution in [0, 0.1) is 23.2 Å². The average Bonchev–Trinajstić information content (AvgIpc) is 3.22. The molecule has 2 heterocycles. The van der Waals surface area contributed by atoms with E-state index < -0.39 is 0 Å². The van der Waals surface area contributed by atoms with Crippen molar-refractivity contribution in [3.05, 3.63) is 11.3 Å². The number of hydrogen-bond acceptors (Lipinski definition) is 4. The Kier molecular flexibility index (Phi) is 10.6. The molecule has 2 aliphatic heterocycles. The first-order chi connectivity index (χ1) is 17.5. The van der Waals surface area contributed by atoms with E-state index in [1.54, 1.807) is 5.57 Å². The number of hydrogen-bond donors (Lipinski definition) is 1. The highest BCUT2D eigenvalue weighted by atomic mass is 16.7. The zero-order chi connectivity index (χ0) is 25.4. The van der Waals surface area contributed by atoms with E-state index >= 15 is 0 Å². The van der Waals surface area contributed by atoms with Crippen molar-refractivity contribution in [2.45, 2.75) is 155 Å². The molecule has 0 aromatic rings. The van der Waals surface area contributed by atoms with Gasteiger partial charge in [-0.2, -0.15) is 5.48 Å². The molecule has 4 nitrogen and oxygen atoms in total. The largest absolute Gasteiger partial charge is 0.412 e. The van der Waals surface area contributed by atoms with Gasteiger partial charge < -0.3 is 14.3 Å². The van der Waals surface area contributed by atoms with E-state index in [1.807, 2.05) is 7.11 Å². The van der Waals surface area contributed by atoms with E-state index in [4.69, 9.17) is 14.3 Å². The van der Waals surface area contributed by atoms with E-state index in [9.17, 15) is 0 Å². The van der Waals surface area contributed by atoms with Crippen LogP contribution in [0.25, 0.3) is 0 Å². The van der Waals surface area contributed by atoms with Gasteiger partial charge in [-0.25, -0.2) is 0 Å². The van der Waals surface area contributed by atoms with Gasteiger partial charge >= 0.3 is 0 Å². The summed E-state index contributed by atoms with van der Waals surface area (Å²) in [7, 11) is 1.83. The summed E-state index contributed by atoms with van der Waals surface area (Å²) in [5.41, 5.74) is 5.65. The molecule has 1 N–H and O–H groups in total. The number of rotatable bonds is 3. The lowest BCUT2D eigenvalue weighted by Gasteiger charge is -2.43. The Bertz CT molecular complexity index is 702. The second kappa shape index (κ2) is 13.5. The summed E-state index contributed by atoms with van der Waals surface area (Å²) in [6, 6.07) is 0. The predicted octanol–water partition coefficient (Wildman–Crippen LogP) is 8.85. The zero-order valence-electron chi connectivity index (χ0n) is 24.2. The van der Waals surface area contributed by atoms with E-state index in [0.29, 0.717) is 17.3 Å². The minimum absolute atomic E-state index is 0.0370. The van der Waals surface area contributed by atoms with Crippen LogP contribution in [0.3, 0.4) is 0 Å². The van der Waals surface area contributed by atoms with Crippen LogP contribution in [0.2, 0.25) is 0 Å². The molecule has 4 rings (SSSR count). The van der Waals surface area contributed by atoms with Crippen molar-refractivity contribution in [3.63, 3.8) is 0 Å². The van der Waals surface area contributed by atoms with Gasteiger partial charge in [0, 0.05) is 18.9 Å². The first kappa shape index (κ1) is 28.4. The highest BCUT2D eigenvalue weighted by Crippen LogP contribution is 2.53. The number of nitrogens with one attached hydrogen (secondary N) is 1. The van der Waals surface area contributed by atoms with E-state index in [0.717, 1.165) is 31.8 Å². The van der Waals surface area contributed by atoms with E-state index in [2.05, 4.69) is 26.3 Å². The van der Waals surface area contributed by atoms with E-state index in [-0.39, 0.29) is 11.8 Å². The van der Waals surface area contributed by atoms with Gasteiger partial charge in [0.1, 0.15) is 5.76 Å². The Morgan fingerprint density at radius 2 is 1.58 bits per heavy atom. The van der Waals surface area contributed by atoms with Crippen LogP contribution in [0.1, 0.15) is 143 Å². The Morgan fingerprint density at radius 3 is 2.31 bits per heavy atom. The lowest BCUT2D eigenvalue weighted by Crippen LogP contribution is -2.50. The fourth-order valence-electron chi connectivity index (χ4n) is 8.06. The minimum Gasteiger partial charge on any atom is -0.412 e. The molecule has 0 amide bonds. The number of methoxy groups -OCH3 is 1. The van der Waals surface area contributed by atoms with Crippen molar-refractivity contribution in [1.82, 2.24) is 5.48 Å². The molecule has 0 aromatic carbocycles. The van der Waals surface area contributed by atoms with Crippen molar-refractivity contribution < 1.29 is 14.3 Å². The van der Waals surface area contributed by atoms with Gasteiger partial charge in [-0.05, 0) is 55.4 Å². The quantitative estimate of drug-likeness (QED) is 0.417. The van der Waals surface area contributed by atoms with Crippen molar-refractivity contribution in [3.8, 4) is 0 Å². The number of ether oxygens (including phenoxy) is 2. The molecule has 2 aliphatic carbocycles. The summed E-state index contributed by atoms with van der Waals surface area (Å²) in [6.07, 6.45) is 24.7. The van der Waals surface area contributed by atoms with Crippen LogP contribution in [0.4, 0.5) is 0 Å². The van der Waals surface area contributed by atoms with Gasteiger partial charge in [-0.3, -0.25) is 0 Å². The molecule has 208 valence electrons. The molecule has 36 heavy (non-hydrogen) atoms. The molecule has 2 saturated heterocycles. The Balaban J connectivity index is 1.59. The maximum atomic E-state index is 6.52. The fraction of sp³-hybridized carbons (Fsp3) is 0.938. The van der Waals surface area contributed by atoms with E-state index in [1.165, 1.54) is 108 Å². The molecule has 0 aromatic heterocycles. The van der Waals surface area contributed by atoms with Gasteiger partial charge in [0.15, 0.2) is 6.29 Å². The highest BCUT2D eigenvalue weighted by Gasteiger charge is 2.53. The molecule has 5 atom stereocenters. The fourth-order valence-corrected chi connectivity index (χ4v) is 8.06. The van der Waals surface area contributed by atoms with Crippen molar-refractivity contribution in [2.75, 3.05) is 13.7 Å². The molecule has 4 heteroatoms. The van der Waals surface area contributed by atoms with Crippen molar-refractivity contribution in [2.24, 2.45) is 23.2 Å². The number of hydroxylamine groups is 1. The summed E-state index contributed by atoms with van der Waals surface area (Å²) in [5, 5.41) is 0. The van der Waals surface area contributed by atoms with Crippen LogP contribution in [-0.2, 0) is 14.3 Å². The van der Waals surface area contributed by atoms with Crippen LogP contribution < -0.4 is 5.48 Å². The van der Waals surface area contributed by atoms with Crippen LogP contribution in [-0.4, -0.2) is 25.5 Å². The zero-order valence-corrected chi connectivity index (χ0v) is 24.2. The van der Waals surface area contributed by atoms with Gasteiger partial charge in [-0.1, -0.05) is 104 Å². The maximum absolute atomic E-state index is 6.52. The standard InChI is InChI=1S/C32H57NO3/c1-5-31(6-2)18-15-17-25(3)16-13-11-9-7-8-10-12-14-19-32-20-21-35-30(34-4)26-22-27(24-31)29(36-33-32)28(32)23-26/h25-26,28,30,33H,5-24H2,1-4H3. The minimum atomic E-state index is -0.0794. The highest BCUT2D eigenvalue weighted by molar-refractivity contribution is 5.25. The molecular weight excluding hydrogens is 446 g/mol. The topological polar surface area (TPSA) is 39.7 Å². The SMILES string of the molecule is CCC1(CC)CCCC(C)CCCCCCCCCCC23CCOC(OC)C4CC(=C(ON2)C3C4)C1. The summed E-state index contributed by atoms with van der Waals surface area (Å²) in [4.78, 5) is 6.52. The third-order valence-electron chi connectivity index (χ3n) is 10.8. The molecule has 0 spiro atoms. The van der Waals surface area contributed by atoms with Crippen LogP contribution >= 0.6 is 0 Å². The second-order valence-electron chi connectivity index (χ2n) is 13.1. The first-order valence-corrected chi connectivity index (χ1v) is 15.8. The smallest absolute Gasteiger partial charge is 0.160 e. The second-order valence-corrected chi connectivity index (χ2v) is 13.1. The number of allylic oxidation sites excluding steroid dienone is 1. The lowest BCUT2D eigenvalue weighted by atomic mass is 9.65. The Hall–Kier alpha value is -0.580. The third kappa shape index (κ3) is 6.70. The maximum Gasteiger partial charge on any atom is 0.160 e. The molecule has 0 radical (unpaired) electrons. The Labute approximate surface area is 222 Å². The van der Waals surface area contributed by atoms with Crippen LogP contribution in [0.5, 0.6) is 0 Å². The monoisotopic (exact) mass is 503 g/mol. The molecule has 5 bridgehead atoms. The summed E-state index contributed by atoms with van der Waals surface area (Å²) < 4.78 is 12.3. The summed E-state index contributed by atoms with van der Waals surface area (Å²) in [6.45, 7) is 8.11. The van der Waals surface area contributed by atoms with Gasteiger partial charge in [0.2, 0.25) is 0 Å². The molecule has 5 unspecified atom stereocenters. The van der Waals surface area contributed by atoms with Gasteiger partial charge in [-0.15, -0.1) is 0 Å². The molecule has 4 aliphatic rings. The lowest BCUT2D eigenvalue weighted by molar-refractivity contribution is -0.173. The molecule has 0 saturated carbocycles. The Morgan fingerprint density at radius 1 is 0.889 bits per heavy atom. The number of fused-ring (bicyclic) bond motifs is 1. The third-order valence-corrected chi connectivity index (χ3v) is 10.8. The van der Waals surface area contributed by atoms with Crippen molar-refractivity contribution >= 4 is 0 Å². The van der Waals surface area contributed by atoms with Crippen molar-refractivity contribution in [1.29, 1.82) is 0 Å². The summed E-state index contributed by atoms with van der Waals surface area (Å²) in [5.74, 6) is 3.10. The average molecular weight is 504 g/mol.